The molecular weight excluding hydrogens is 463 g/mol. The maximum atomic E-state index is 13.6. The summed E-state index contributed by atoms with van der Waals surface area (Å²) in [4.78, 5) is 16.2. The first-order valence-electron chi connectivity index (χ1n) is 9.22. The van der Waals surface area contributed by atoms with Crippen LogP contribution < -0.4 is 10.5 Å². The number of primary amides is 1. The van der Waals surface area contributed by atoms with Crippen LogP contribution in [-0.4, -0.2) is 19.9 Å². The third-order valence-corrected chi connectivity index (χ3v) is 6.23. The molecule has 3 rings (SSSR count). The van der Waals surface area contributed by atoms with Gasteiger partial charge in [0.05, 0.1) is 12.2 Å². The number of carbonyl (C=O) groups is 1. The molecule has 8 nitrogen and oxygen atoms in total. The van der Waals surface area contributed by atoms with E-state index in [0.29, 0.717) is 36.2 Å². The van der Waals surface area contributed by atoms with Crippen LogP contribution in [0.5, 0.6) is 0 Å². The highest BCUT2D eigenvalue weighted by Gasteiger charge is 2.26. The van der Waals surface area contributed by atoms with Crippen molar-refractivity contribution in [1.29, 1.82) is 0 Å². The van der Waals surface area contributed by atoms with Gasteiger partial charge < -0.3 is 20.2 Å². The molecule has 0 aliphatic carbocycles. The number of benzene rings is 1. The van der Waals surface area contributed by atoms with E-state index >= 15 is 0 Å². The average Bonchev–Trinajstić information content (AvgIpc) is 3.05. The van der Waals surface area contributed by atoms with Crippen molar-refractivity contribution < 1.29 is 18.5 Å². The van der Waals surface area contributed by atoms with Gasteiger partial charge in [-0.25, -0.2) is 14.0 Å². The number of imidazole rings is 1. The molecule has 2 heterocycles. The van der Waals surface area contributed by atoms with E-state index in [1.165, 1.54) is 12.4 Å². The van der Waals surface area contributed by atoms with E-state index in [0.717, 1.165) is 5.56 Å². The van der Waals surface area contributed by atoms with Crippen LogP contribution in [0.1, 0.15) is 36.8 Å². The van der Waals surface area contributed by atoms with E-state index in [9.17, 15) is 14.2 Å². The molecule has 11 heteroatoms. The Morgan fingerprint density at radius 1 is 1.26 bits per heavy atom. The molecule has 2 aromatic heterocycles. The molecule has 0 fully saturated rings. The summed E-state index contributed by atoms with van der Waals surface area (Å²) in [5, 5.41) is 12.5. The van der Waals surface area contributed by atoms with Crippen LogP contribution in [0.25, 0.3) is 0 Å². The third-order valence-electron chi connectivity index (χ3n) is 4.35. The lowest BCUT2D eigenvalue weighted by Gasteiger charge is -2.14. The average molecular weight is 483 g/mol. The largest absolute Gasteiger partial charge is 0.619 e. The summed E-state index contributed by atoms with van der Waals surface area (Å²) >= 11 is 12.2. The minimum Gasteiger partial charge on any atom is -0.619 e. The zero-order valence-electron chi connectivity index (χ0n) is 16.7. The normalized spacial score (nSPS) is 12.2. The van der Waals surface area contributed by atoms with Gasteiger partial charge in [0.15, 0.2) is 19.0 Å². The van der Waals surface area contributed by atoms with Gasteiger partial charge in [0.2, 0.25) is 0 Å². The number of halogens is 2. The maximum Gasteiger partial charge on any atom is 0.404 e. The van der Waals surface area contributed by atoms with Crippen molar-refractivity contribution in [2.45, 2.75) is 42.8 Å². The Morgan fingerprint density at radius 3 is 2.42 bits per heavy atom. The third kappa shape index (κ3) is 5.55. The zero-order chi connectivity index (χ0) is 22.7. The Morgan fingerprint density at radius 2 is 1.87 bits per heavy atom. The predicted molar refractivity (Wildman–Crippen MR) is 116 cm³/mol. The monoisotopic (exact) mass is 482 g/mol. The molecule has 0 bridgehead atoms. The number of nitrogens with two attached hydrogens (primary N) is 1. The number of hydrogen-bond acceptors (Lipinski definition) is 5. The van der Waals surface area contributed by atoms with Crippen molar-refractivity contribution in [2.24, 2.45) is 5.73 Å². The van der Waals surface area contributed by atoms with Gasteiger partial charge in [-0.15, -0.1) is 0 Å². The fourth-order valence-corrected chi connectivity index (χ4v) is 5.15. The summed E-state index contributed by atoms with van der Waals surface area (Å²) in [7, 11) is -1.69. The van der Waals surface area contributed by atoms with Crippen LogP contribution in [0.15, 0.2) is 52.6 Å². The summed E-state index contributed by atoms with van der Waals surface area (Å²) in [6.45, 7) is 3.88. The smallest absolute Gasteiger partial charge is 0.404 e. The lowest BCUT2D eigenvalue weighted by atomic mass is 10.1. The molecular formula is C20H20Cl2N4O4S. The molecule has 164 valence electrons. The van der Waals surface area contributed by atoms with E-state index in [-0.39, 0.29) is 19.1 Å². The zero-order valence-corrected chi connectivity index (χ0v) is 19.1. The highest BCUT2D eigenvalue weighted by atomic mass is 35.5. The van der Waals surface area contributed by atoms with E-state index in [2.05, 4.69) is 4.98 Å². The first kappa shape index (κ1) is 23.1. The second-order valence-electron chi connectivity index (χ2n) is 7.01. The maximum absolute atomic E-state index is 13.6. The van der Waals surface area contributed by atoms with Crippen molar-refractivity contribution in [3.63, 3.8) is 0 Å². The molecule has 0 aliphatic rings. The minimum absolute atomic E-state index is 0.0817. The Labute approximate surface area is 191 Å². The molecule has 2 N–H and O–H groups in total. The molecule has 1 unspecified atom stereocenters. The van der Waals surface area contributed by atoms with Gasteiger partial charge in [-0.1, -0.05) is 37.0 Å². The van der Waals surface area contributed by atoms with Gasteiger partial charge >= 0.3 is 6.09 Å². The Hall–Kier alpha value is -2.62. The van der Waals surface area contributed by atoms with E-state index in [1.807, 2.05) is 13.8 Å². The van der Waals surface area contributed by atoms with Gasteiger partial charge in [-0.2, -0.15) is 4.73 Å². The Bertz CT molecular complexity index is 1110. The Balaban J connectivity index is 2.16. The van der Waals surface area contributed by atoms with Gasteiger partial charge in [0.25, 0.3) is 0 Å². The first-order valence-corrected chi connectivity index (χ1v) is 11.1. The predicted octanol–water partition coefficient (Wildman–Crippen LogP) is 3.76. The number of hydrogen-bond donors (Lipinski definition) is 1. The fourth-order valence-electron chi connectivity index (χ4n) is 2.96. The number of carbonyl (C=O) groups excluding carboxylic acids is 1. The van der Waals surface area contributed by atoms with Gasteiger partial charge in [-0.05, 0) is 29.7 Å². The molecule has 1 aromatic carbocycles. The van der Waals surface area contributed by atoms with Crippen LogP contribution in [0.3, 0.4) is 0 Å². The summed E-state index contributed by atoms with van der Waals surface area (Å²) in [5.41, 5.74) is 6.47. The first-order chi connectivity index (χ1) is 14.7. The van der Waals surface area contributed by atoms with Crippen LogP contribution in [-0.2, 0) is 28.7 Å². The molecule has 0 radical (unpaired) electrons. The Kier molecular flexibility index (Phi) is 7.19. The number of pyridine rings is 1. The second kappa shape index (κ2) is 9.67. The highest BCUT2D eigenvalue weighted by molar-refractivity contribution is 7.85. The summed E-state index contributed by atoms with van der Waals surface area (Å²) in [6.07, 6.45) is 1.78. The van der Waals surface area contributed by atoms with Crippen LogP contribution >= 0.6 is 23.2 Å². The van der Waals surface area contributed by atoms with Crippen LogP contribution in [0, 0.1) is 5.21 Å². The summed E-state index contributed by atoms with van der Waals surface area (Å²) in [5.74, 6) is 0.291. The lowest BCUT2D eigenvalue weighted by molar-refractivity contribution is -0.605. The standard InChI is InChI=1S/C20H20Cl2N4O4S/c1-12(2)18-19(31(29)16-8-14(21)7-15(22)9-16)26(17(24-18)11-30-20(23)27)10-13-3-5-25(28)6-4-13/h3-9,12H,10-11H2,1-2H3,(H2,23,27). The van der Waals surface area contributed by atoms with E-state index in [1.54, 1.807) is 34.9 Å². The number of nitrogens with zero attached hydrogens (tertiary/aromatic N) is 3. The number of amides is 1. The molecule has 1 atom stereocenters. The summed E-state index contributed by atoms with van der Waals surface area (Å²) in [6, 6.07) is 7.99. The summed E-state index contributed by atoms with van der Waals surface area (Å²) < 4.78 is 21.0. The molecule has 0 saturated heterocycles. The van der Waals surface area contributed by atoms with E-state index < -0.39 is 16.9 Å². The van der Waals surface area contributed by atoms with Crippen LogP contribution in [0.4, 0.5) is 4.79 Å². The van der Waals surface area contributed by atoms with Gasteiger partial charge in [-0.3, -0.25) is 0 Å². The topological polar surface area (TPSA) is 114 Å². The van der Waals surface area contributed by atoms with E-state index in [4.69, 9.17) is 33.7 Å². The van der Waals surface area contributed by atoms with Crippen molar-refractivity contribution >= 4 is 40.1 Å². The molecule has 1 amide bonds. The SMILES string of the molecule is CC(C)c1nc(COC(N)=O)n(Cc2cc[n+]([O-])cc2)c1S(=O)c1cc(Cl)cc(Cl)c1. The van der Waals surface area contributed by atoms with Crippen molar-refractivity contribution in [1.82, 2.24) is 9.55 Å². The van der Waals surface area contributed by atoms with Gasteiger partial charge in [0, 0.05) is 27.1 Å². The minimum atomic E-state index is -1.69. The fraction of sp³-hybridized carbons (Fsp3) is 0.250. The quantitative estimate of drug-likeness (QED) is 0.406. The van der Waals surface area contributed by atoms with Gasteiger partial charge in [0.1, 0.15) is 21.6 Å². The molecule has 0 saturated carbocycles. The second-order valence-corrected chi connectivity index (χ2v) is 9.28. The number of rotatable bonds is 7. The number of ether oxygens (including phenoxy) is 1. The van der Waals surface area contributed by atoms with Crippen LogP contribution in [0.2, 0.25) is 10.0 Å². The van der Waals surface area contributed by atoms with Crippen molar-refractivity contribution in [3.05, 3.63) is 75.1 Å². The molecule has 0 spiro atoms. The lowest BCUT2D eigenvalue weighted by Crippen LogP contribution is -2.24. The molecule has 0 aliphatic heterocycles. The molecule has 31 heavy (non-hydrogen) atoms. The molecule has 3 aromatic rings. The van der Waals surface area contributed by atoms with Crippen molar-refractivity contribution in [2.75, 3.05) is 0 Å². The highest BCUT2D eigenvalue weighted by Crippen LogP contribution is 2.31. The number of aromatic nitrogens is 3. The van der Waals surface area contributed by atoms with Crippen molar-refractivity contribution in [3.8, 4) is 0 Å².